The number of benzene rings is 1. The van der Waals surface area contributed by atoms with Crippen molar-refractivity contribution in [2.45, 2.75) is 24.8 Å². The topological polar surface area (TPSA) is 63.4 Å². The van der Waals surface area contributed by atoms with E-state index in [0.717, 1.165) is 12.1 Å². The number of nitrogens with zero attached hydrogens (tertiary/aromatic N) is 1. The van der Waals surface area contributed by atoms with E-state index >= 15 is 0 Å². The molecule has 0 unspecified atom stereocenters. The molecule has 0 radical (unpaired) electrons. The monoisotopic (exact) mass is 290 g/mol. The maximum atomic E-state index is 13.4. The summed E-state index contributed by atoms with van der Waals surface area (Å²) in [6, 6.07) is 3.21. The van der Waals surface area contributed by atoms with Crippen molar-refractivity contribution in [2.75, 3.05) is 7.05 Å². The van der Waals surface area contributed by atoms with Crippen molar-refractivity contribution in [3.8, 4) is 0 Å². The van der Waals surface area contributed by atoms with Crippen molar-refractivity contribution in [3.05, 3.63) is 29.6 Å². The minimum atomic E-state index is -3.66. The number of hydrogen-bond donors (Lipinski definition) is 1. The first-order valence-electron chi connectivity index (χ1n) is 5.25. The second-order valence-corrected chi connectivity index (χ2v) is 6.56. The molecule has 0 atom stereocenters. The summed E-state index contributed by atoms with van der Waals surface area (Å²) in [6.07, 6.45) is 0. The molecule has 18 heavy (non-hydrogen) atoms. The van der Waals surface area contributed by atoms with Gasteiger partial charge >= 0.3 is 0 Å². The van der Waals surface area contributed by atoms with Crippen molar-refractivity contribution in [2.24, 2.45) is 5.73 Å². The quantitative estimate of drug-likeness (QED) is 0.853. The summed E-state index contributed by atoms with van der Waals surface area (Å²) in [5.41, 5.74) is 5.28. The predicted octanol–water partition coefficient (Wildman–Crippen LogP) is 1.49. The van der Waals surface area contributed by atoms with Gasteiger partial charge in [-0.25, -0.2) is 12.8 Å². The van der Waals surface area contributed by atoms with E-state index in [9.17, 15) is 12.8 Å². The van der Waals surface area contributed by atoms with E-state index in [0.29, 0.717) is 0 Å². The third-order valence-electron chi connectivity index (χ3n) is 2.61. The summed E-state index contributed by atoms with van der Waals surface area (Å²) in [7, 11) is -2.20. The molecule has 0 fully saturated rings. The van der Waals surface area contributed by atoms with Gasteiger partial charge in [0.25, 0.3) is 0 Å². The second kappa shape index (κ2) is 5.29. The van der Waals surface area contributed by atoms with Crippen LogP contribution >= 0.6 is 12.2 Å². The SMILES string of the molecule is CC(C)N(C)S(=O)(=O)c1ccc(F)c(C(N)=S)c1. The molecule has 0 aliphatic heterocycles. The number of sulfonamides is 1. The van der Waals surface area contributed by atoms with Gasteiger partial charge in [0, 0.05) is 18.7 Å². The molecule has 7 heteroatoms. The summed E-state index contributed by atoms with van der Waals surface area (Å²) in [6.45, 7) is 3.49. The fourth-order valence-electron chi connectivity index (χ4n) is 1.30. The lowest BCUT2D eigenvalue weighted by Gasteiger charge is -2.21. The average molecular weight is 290 g/mol. The minimum Gasteiger partial charge on any atom is -0.389 e. The van der Waals surface area contributed by atoms with Crippen molar-refractivity contribution in [1.29, 1.82) is 0 Å². The zero-order chi connectivity index (χ0) is 14.1. The summed E-state index contributed by atoms with van der Waals surface area (Å²) < 4.78 is 38.9. The van der Waals surface area contributed by atoms with Gasteiger partial charge in [0.15, 0.2) is 0 Å². The standard InChI is InChI=1S/C11H15FN2O2S2/c1-7(2)14(3)18(15,16)8-4-5-10(12)9(6-8)11(13)17/h4-7H,1-3H3,(H2,13,17). The molecular weight excluding hydrogens is 275 g/mol. The molecule has 0 spiro atoms. The fraction of sp³-hybridized carbons (Fsp3) is 0.364. The molecule has 0 aliphatic carbocycles. The van der Waals surface area contributed by atoms with E-state index in [4.69, 9.17) is 5.73 Å². The van der Waals surface area contributed by atoms with Crippen LogP contribution in [0.5, 0.6) is 0 Å². The Labute approximate surface area is 112 Å². The molecule has 0 aromatic heterocycles. The Kier molecular flexibility index (Phi) is 4.41. The van der Waals surface area contributed by atoms with E-state index in [1.807, 2.05) is 0 Å². The molecule has 0 saturated carbocycles. The zero-order valence-corrected chi connectivity index (χ0v) is 12.0. The third kappa shape index (κ3) is 2.85. The van der Waals surface area contributed by atoms with E-state index in [1.165, 1.54) is 17.4 Å². The summed E-state index contributed by atoms with van der Waals surface area (Å²) >= 11 is 4.68. The minimum absolute atomic E-state index is 0.0251. The van der Waals surface area contributed by atoms with Crippen LogP contribution in [0.25, 0.3) is 0 Å². The Morgan fingerprint density at radius 3 is 2.44 bits per heavy atom. The first kappa shape index (κ1) is 15.0. The van der Waals surface area contributed by atoms with Crippen molar-refractivity contribution in [3.63, 3.8) is 0 Å². The highest BCUT2D eigenvalue weighted by atomic mass is 32.2. The van der Waals surface area contributed by atoms with Crippen LogP contribution in [0.1, 0.15) is 19.4 Å². The normalized spacial score (nSPS) is 12.1. The third-order valence-corrected chi connectivity index (χ3v) is 4.86. The Balaban J connectivity index is 3.35. The molecule has 100 valence electrons. The predicted molar refractivity (Wildman–Crippen MR) is 72.4 cm³/mol. The van der Waals surface area contributed by atoms with Gasteiger partial charge < -0.3 is 5.73 Å². The molecule has 0 heterocycles. The summed E-state index contributed by atoms with van der Waals surface area (Å²) in [4.78, 5) is -0.195. The highest BCUT2D eigenvalue weighted by Gasteiger charge is 2.24. The van der Waals surface area contributed by atoms with E-state index < -0.39 is 15.8 Å². The lowest BCUT2D eigenvalue weighted by Crippen LogP contribution is -2.33. The van der Waals surface area contributed by atoms with Gasteiger partial charge in [-0.15, -0.1) is 0 Å². The van der Waals surface area contributed by atoms with Crippen LogP contribution in [0, 0.1) is 5.82 Å². The number of thiocarbonyl (C=S) groups is 1. The smallest absolute Gasteiger partial charge is 0.243 e. The molecule has 0 amide bonds. The Hall–Kier alpha value is -1.05. The second-order valence-electron chi connectivity index (χ2n) is 4.12. The number of hydrogen-bond acceptors (Lipinski definition) is 3. The Morgan fingerprint density at radius 1 is 1.44 bits per heavy atom. The number of nitrogens with two attached hydrogens (primary N) is 1. The molecule has 1 aromatic carbocycles. The maximum absolute atomic E-state index is 13.4. The molecule has 1 aromatic rings. The number of halogens is 1. The van der Waals surface area contributed by atoms with E-state index in [2.05, 4.69) is 12.2 Å². The Bertz CT molecular complexity index is 570. The van der Waals surface area contributed by atoms with Gasteiger partial charge in [0.1, 0.15) is 10.8 Å². The molecule has 0 bridgehead atoms. The first-order valence-corrected chi connectivity index (χ1v) is 7.10. The van der Waals surface area contributed by atoms with Crippen LogP contribution in [0.15, 0.2) is 23.1 Å². The summed E-state index contributed by atoms with van der Waals surface area (Å²) in [5.74, 6) is -0.631. The van der Waals surface area contributed by atoms with Crippen molar-refractivity contribution >= 4 is 27.2 Å². The van der Waals surface area contributed by atoms with Gasteiger partial charge in [-0.3, -0.25) is 0 Å². The van der Waals surface area contributed by atoms with Crippen molar-refractivity contribution < 1.29 is 12.8 Å². The number of rotatable bonds is 4. The molecule has 0 aliphatic rings. The molecule has 2 N–H and O–H groups in total. The zero-order valence-electron chi connectivity index (χ0n) is 10.3. The average Bonchev–Trinajstić information content (AvgIpc) is 2.27. The largest absolute Gasteiger partial charge is 0.389 e. The van der Waals surface area contributed by atoms with Gasteiger partial charge in [0.2, 0.25) is 10.0 Å². The van der Waals surface area contributed by atoms with Crippen LogP contribution in [0.4, 0.5) is 4.39 Å². The van der Waals surface area contributed by atoms with E-state index in [-0.39, 0.29) is 21.5 Å². The fourth-order valence-corrected chi connectivity index (χ4v) is 2.85. The van der Waals surface area contributed by atoms with Crippen LogP contribution in [0.3, 0.4) is 0 Å². The highest BCUT2D eigenvalue weighted by molar-refractivity contribution is 7.89. The molecular formula is C11H15FN2O2S2. The van der Waals surface area contributed by atoms with E-state index in [1.54, 1.807) is 13.8 Å². The first-order chi connectivity index (χ1) is 8.17. The van der Waals surface area contributed by atoms with Crippen LogP contribution in [-0.2, 0) is 10.0 Å². The van der Waals surface area contributed by atoms with Crippen molar-refractivity contribution in [1.82, 2.24) is 4.31 Å². The van der Waals surface area contributed by atoms with Gasteiger partial charge in [-0.1, -0.05) is 12.2 Å². The maximum Gasteiger partial charge on any atom is 0.243 e. The van der Waals surface area contributed by atoms with Crippen LogP contribution in [0.2, 0.25) is 0 Å². The van der Waals surface area contributed by atoms with Crippen LogP contribution in [-0.4, -0.2) is 30.8 Å². The lowest BCUT2D eigenvalue weighted by atomic mass is 10.2. The summed E-state index contributed by atoms with van der Waals surface area (Å²) in [5, 5.41) is 0. The lowest BCUT2D eigenvalue weighted by molar-refractivity contribution is 0.410. The molecule has 4 nitrogen and oxygen atoms in total. The van der Waals surface area contributed by atoms with Gasteiger partial charge in [0.05, 0.1) is 4.90 Å². The highest BCUT2D eigenvalue weighted by Crippen LogP contribution is 2.19. The van der Waals surface area contributed by atoms with Gasteiger partial charge in [-0.05, 0) is 32.0 Å². The van der Waals surface area contributed by atoms with Gasteiger partial charge in [-0.2, -0.15) is 4.31 Å². The molecule has 0 saturated heterocycles. The van der Waals surface area contributed by atoms with Crippen LogP contribution < -0.4 is 5.73 Å². The Morgan fingerprint density at radius 2 is 2.00 bits per heavy atom. The molecule has 1 rings (SSSR count).